The van der Waals surface area contributed by atoms with Gasteiger partial charge in [-0.3, -0.25) is 9.48 Å². The molecule has 1 saturated heterocycles. The summed E-state index contributed by atoms with van der Waals surface area (Å²) in [5.41, 5.74) is 0.788. The van der Waals surface area contributed by atoms with Crippen LogP contribution in [0.25, 0.3) is 0 Å². The zero-order valence-corrected chi connectivity index (χ0v) is 15.2. The Balaban J connectivity index is 1.69. The molecule has 3 rings (SSSR count). The predicted molar refractivity (Wildman–Crippen MR) is 95.7 cm³/mol. The number of hydrogen-bond donors (Lipinski definition) is 2. The number of aromatic nitrogens is 2. The van der Waals surface area contributed by atoms with Crippen LogP contribution in [0.1, 0.15) is 47.9 Å². The second kappa shape index (κ2) is 7.72. The largest absolute Gasteiger partial charge is 0.344 e. The smallest absolute Gasteiger partial charge is 0.272 e. The van der Waals surface area contributed by atoms with Crippen molar-refractivity contribution in [3.8, 4) is 0 Å². The van der Waals surface area contributed by atoms with Crippen LogP contribution in [0, 0.1) is 5.82 Å². The summed E-state index contributed by atoms with van der Waals surface area (Å²) in [6.07, 6.45) is 3.93. The van der Waals surface area contributed by atoms with Gasteiger partial charge in [-0.15, -0.1) is 0 Å². The van der Waals surface area contributed by atoms with Gasteiger partial charge in [-0.25, -0.2) is 4.39 Å². The molecule has 2 atom stereocenters. The first kappa shape index (κ1) is 18.2. The lowest BCUT2D eigenvalue weighted by molar-refractivity contribution is 0.0933. The van der Waals surface area contributed by atoms with E-state index in [0.717, 1.165) is 25.9 Å². The van der Waals surface area contributed by atoms with Crippen molar-refractivity contribution >= 4 is 29.1 Å². The molecule has 5 nitrogen and oxygen atoms in total. The number of amides is 1. The first-order valence-corrected chi connectivity index (χ1v) is 8.92. The first-order chi connectivity index (χ1) is 12.0. The number of carbonyl (C=O) groups is 1. The molecule has 0 radical (unpaired) electrons. The third-order valence-corrected chi connectivity index (χ3v) is 4.96. The van der Waals surface area contributed by atoms with E-state index < -0.39 is 11.9 Å². The van der Waals surface area contributed by atoms with Gasteiger partial charge in [-0.1, -0.05) is 23.2 Å². The van der Waals surface area contributed by atoms with Gasteiger partial charge in [0.15, 0.2) is 0 Å². The highest BCUT2D eigenvalue weighted by Crippen LogP contribution is 2.28. The average molecular weight is 385 g/mol. The molecule has 1 aliphatic heterocycles. The maximum absolute atomic E-state index is 13.7. The Morgan fingerprint density at radius 1 is 1.44 bits per heavy atom. The van der Waals surface area contributed by atoms with E-state index in [9.17, 15) is 9.18 Å². The van der Waals surface area contributed by atoms with E-state index in [-0.39, 0.29) is 17.0 Å². The summed E-state index contributed by atoms with van der Waals surface area (Å²) < 4.78 is 15.5. The van der Waals surface area contributed by atoms with Crippen LogP contribution in [-0.2, 0) is 0 Å². The maximum atomic E-state index is 13.7. The third kappa shape index (κ3) is 4.14. The molecule has 0 bridgehead atoms. The summed E-state index contributed by atoms with van der Waals surface area (Å²) in [6, 6.07) is 4.03. The summed E-state index contributed by atoms with van der Waals surface area (Å²) >= 11 is 11.8. The molecule has 1 aliphatic rings. The molecule has 0 aliphatic carbocycles. The third-order valence-electron chi connectivity index (χ3n) is 4.34. The van der Waals surface area contributed by atoms with Crippen molar-refractivity contribution in [3.05, 3.63) is 51.5 Å². The van der Waals surface area contributed by atoms with Gasteiger partial charge in [0.1, 0.15) is 11.5 Å². The maximum Gasteiger partial charge on any atom is 0.272 e. The summed E-state index contributed by atoms with van der Waals surface area (Å²) in [5, 5.41) is 10.7. The number of hydrogen-bond acceptors (Lipinski definition) is 3. The van der Waals surface area contributed by atoms with Crippen LogP contribution >= 0.6 is 23.2 Å². The minimum atomic E-state index is -0.573. The number of nitrogens with zero attached hydrogens (tertiary/aromatic N) is 2. The summed E-state index contributed by atoms with van der Waals surface area (Å²) in [6.45, 7) is 3.59. The van der Waals surface area contributed by atoms with E-state index in [1.54, 1.807) is 13.0 Å². The van der Waals surface area contributed by atoms with Gasteiger partial charge in [0, 0.05) is 17.8 Å². The van der Waals surface area contributed by atoms with E-state index >= 15 is 0 Å². The van der Waals surface area contributed by atoms with E-state index in [0.29, 0.717) is 16.3 Å². The molecule has 2 heterocycles. The van der Waals surface area contributed by atoms with Crippen molar-refractivity contribution in [1.82, 2.24) is 20.4 Å². The predicted octanol–water partition coefficient (Wildman–Crippen LogP) is 3.74. The molecule has 2 aromatic rings. The molecule has 0 spiro atoms. The quantitative estimate of drug-likeness (QED) is 0.789. The molecule has 1 aromatic carbocycles. The number of benzene rings is 1. The van der Waals surface area contributed by atoms with Gasteiger partial charge in [-0.05, 0) is 50.1 Å². The molecule has 2 unspecified atom stereocenters. The molecular formula is C17H19Cl2FN4O. The Bertz CT molecular complexity index is 774. The Morgan fingerprint density at radius 2 is 2.24 bits per heavy atom. The van der Waals surface area contributed by atoms with Crippen LogP contribution in [0.3, 0.4) is 0 Å². The highest BCUT2D eigenvalue weighted by atomic mass is 35.5. The van der Waals surface area contributed by atoms with Crippen molar-refractivity contribution in [2.75, 3.05) is 13.1 Å². The van der Waals surface area contributed by atoms with Crippen LogP contribution in [-0.4, -0.2) is 28.8 Å². The van der Waals surface area contributed by atoms with Crippen molar-refractivity contribution in [2.24, 2.45) is 0 Å². The zero-order valence-electron chi connectivity index (χ0n) is 13.7. The van der Waals surface area contributed by atoms with Crippen LogP contribution in [0.2, 0.25) is 10.0 Å². The Morgan fingerprint density at radius 3 is 2.96 bits per heavy atom. The standard InChI is InChI=1S/C17H19Cl2FN4O/c1-10(12-7-15(20)14(19)8-13(12)18)22-17(25)16-4-6-24(23-16)11-3-2-5-21-9-11/h4,6-8,10-11,21H,2-3,5,9H2,1H3,(H,22,25). The van der Waals surface area contributed by atoms with Crippen LogP contribution in [0.4, 0.5) is 4.39 Å². The van der Waals surface area contributed by atoms with Crippen LogP contribution in [0.15, 0.2) is 24.4 Å². The van der Waals surface area contributed by atoms with Crippen molar-refractivity contribution in [3.63, 3.8) is 0 Å². The normalized spacial score (nSPS) is 18.8. The van der Waals surface area contributed by atoms with Gasteiger partial charge >= 0.3 is 0 Å². The second-order valence-corrected chi connectivity index (χ2v) is 6.98. The zero-order chi connectivity index (χ0) is 18.0. The fourth-order valence-corrected chi connectivity index (χ4v) is 3.49. The summed E-state index contributed by atoms with van der Waals surface area (Å²) in [5.74, 6) is -0.905. The fourth-order valence-electron chi connectivity index (χ4n) is 2.94. The fraction of sp³-hybridized carbons (Fsp3) is 0.412. The van der Waals surface area contributed by atoms with Gasteiger partial charge in [0.2, 0.25) is 0 Å². The molecule has 2 N–H and O–H groups in total. The van der Waals surface area contributed by atoms with E-state index in [1.165, 1.54) is 12.1 Å². The number of halogens is 3. The Labute approximate surface area is 155 Å². The van der Waals surface area contributed by atoms with Gasteiger partial charge < -0.3 is 10.6 Å². The van der Waals surface area contributed by atoms with E-state index in [4.69, 9.17) is 23.2 Å². The molecule has 134 valence electrons. The molecule has 1 fully saturated rings. The minimum absolute atomic E-state index is 0.0490. The second-order valence-electron chi connectivity index (χ2n) is 6.16. The van der Waals surface area contributed by atoms with Crippen LogP contribution in [0.5, 0.6) is 0 Å². The SMILES string of the molecule is CC(NC(=O)c1ccn(C2CCCNC2)n1)c1cc(F)c(Cl)cc1Cl. The van der Waals surface area contributed by atoms with Crippen LogP contribution < -0.4 is 10.6 Å². The highest BCUT2D eigenvalue weighted by Gasteiger charge is 2.20. The first-order valence-electron chi connectivity index (χ1n) is 8.17. The van der Waals surface area contributed by atoms with E-state index in [2.05, 4.69) is 15.7 Å². The Kier molecular flexibility index (Phi) is 5.61. The summed E-state index contributed by atoms with van der Waals surface area (Å²) in [4.78, 5) is 12.4. The van der Waals surface area contributed by atoms with Gasteiger partial charge in [-0.2, -0.15) is 5.10 Å². The lowest BCUT2D eigenvalue weighted by atomic mass is 10.1. The van der Waals surface area contributed by atoms with Crippen molar-refractivity contribution in [1.29, 1.82) is 0 Å². The lowest BCUT2D eigenvalue weighted by Gasteiger charge is -2.23. The number of carbonyl (C=O) groups excluding carboxylic acids is 1. The molecule has 25 heavy (non-hydrogen) atoms. The lowest BCUT2D eigenvalue weighted by Crippen LogP contribution is -2.32. The topological polar surface area (TPSA) is 59.0 Å². The number of piperidine rings is 1. The molecule has 0 saturated carbocycles. The average Bonchev–Trinajstić information content (AvgIpc) is 3.09. The number of nitrogens with one attached hydrogen (secondary N) is 2. The van der Waals surface area contributed by atoms with Crippen molar-refractivity contribution < 1.29 is 9.18 Å². The monoisotopic (exact) mass is 384 g/mol. The molecule has 8 heteroatoms. The highest BCUT2D eigenvalue weighted by molar-refractivity contribution is 6.35. The van der Waals surface area contributed by atoms with Gasteiger partial charge in [0.25, 0.3) is 5.91 Å². The molecule has 1 aromatic heterocycles. The Hall–Kier alpha value is -1.63. The van der Waals surface area contributed by atoms with Crippen molar-refractivity contribution in [2.45, 2.75) is 31.8 Å². The van der Waals surface area contributed by atoms with E-state index in [1.807, 2.05) is 10.9 Å². The summed E-state index contributed by atoms with van der Waals surface area (Å²) in [7, 11) is 0. The molecule has 1 amide bonds. The van der Waals surface area contributed by atoms with Gasteiger partial charge in [0.05, 0.1) is 17.1 Å². The number of rotatable bonds is 4. The molecular weight excluding hydrogens is 366 g/mol. The minimum Gasteiger partial charge on any atom is -0.344 e.